The van der Waals surface area contributed by atoms with Gasteiger partial charge in [-0.25, -0.2) is 0 Å². The Morgan fingerprint density at radius 2 is 2.21 bits per heavy atom. The second-order valence-electron chi connectivity index (χ2n) is 8.03. The van der Waals surface area contributed by atoms with E-state index >= 15 is 0 Å². The van der Waals surface area contributed by atoms with Gasteiger partial charge in [-0.15, -0.1) is 0 Å². The zero-order valence-corrected chi connectivity index (χ0v) is 17.2. The van der Waals surface area contributed by atoms with E-state index in [0.717, 1.165) is 49.5 Å². The highest BCUT2D eigenvalue weighted by Crippen LogP contribution is 2.33. The SMILES string of the molecule is COc1ccc2c(c1)CN(C(C)=O)CC(C1CCCN(Cc3cccnc3)C1)O2. The van der Waals surface area contributed by atoms with E-state index in [9.17, 15) is 4.79 Å². The molecule has 0 saturated carbocycles. The Labute approximate surface area is 172 Å². The molecule has 0 aliphatic carbocycles. The Kier molecular flexibility index (Phi) is 6.00. The smallest absolute Gasteiger partial charge is 0.219 e. The predicted octanol–water partition coefficient (Wildman–Crippen LogP) is 3.11. The van der Waals surface area contributed by atoms with E-state index in [2.05, 4.69) is 16.0 Å². The topological polar surface area (TPSA) is 54.9 Å². The van der Waals surface area contributed by atoms with Gasteiger partial charge in [-0.2, -0.15) is 0 Å². The Morgan fingerprint density at radius 3 is 2.97 bits per heavy atom. The molecule has 154 valence electrons. The van der Waals surface area contributed by atoms with Crippen molar-refractivity contribution in [1.82, 2.24) is 14.8 Å². The van der Waals surface area contributed by atoms with Gasteiger partial charge in [-0.1, -0.05) is 6.07 Å². The number of carbonyl (C=O) groups is 1. The number of hydrogen-bond acceptors (Lipinski definition) is 5. The third-order valence-corrected chi connectivity index (χ3v) is 5.95. The van der Waals surface area contributed by atoms with Crippen molar-refractivity contribution in [3.8, 4) is 11.5 Å². The Morgan fingerprint density at radius 1 is 1.31 bits per heavy atom. The molecule has 3 heterocycles. The van der Waals surface area contributed by atoms with Crippen molar-refractivity contribution in [1.29, 1.82) is 0 Å². The van der Waals surface area contributed by atoms with Crippen LogP contribution in [0.3, 0.4) is 0 Å². The fourth-order valence-corrected chi connectivity index (χ4v) is 4.38. The number of piperidine rings is 1. The summed E-state index contributed by atoms with van der Waals surface area (Å²) in [5.41, 5.74) is 2.24. The maximum absolute atomic E-state index is 12.3. The van der Waals surface area contributed by atoms with Crippen molar-refractivity contribution in [3.63, 3.8) is 0 Å². The number of aromatic nitrogens is 1. The monoisotopic (exact) mass is 395 g/mol. The highest BCUT2D eigenvalue weighted by atomic mass is 16.5. The Bertz CT molecular complexity index is 843. The van der Waals surface area contributed by atoms with Crippen molar-refractivity contribution >= 4 is 5.91 Å². The normalized spacial score (nSPS) is 22.3. The molecule has 1 saturated heterocycles. The average molecular weight is 396 g/mol. The number of ether oxygens (including phenoxy) is 2. The molecule has 2 aliphatic heterocycles. The highest BCUT2D eigenvalue weighted by Gasteiger charge is 2.33. The molecule has 1 amide bonds. The summed E-state index contributed by atoms with van der Waals surface area (Å²) in [6, 6.07) is 9.99. The largest absolute Gasteiger partial charge is 0.497 e. The standard InChI is InChI=1S/C23H29N3O3/c1-17(27)26-15-20-11-21(28-2)7-8-22(20)29-23(16-26)19-6-4-10-25(14-19)13-18-5-3-9-24-12-18/h3,5,7-9,11-12,19,23H,4,6,10,13-16H2,1-2H3. The van der Waals surface area contributed by atoms with Crippen molar-refractivity contribution in [2.24, 2.45) is 5.92 Å². The minimum atomic E-state index is -0.00903. The number of benzene rings is 1. The van der Waals surface area contributed by atoms with Crippen molar-refractivity contribution < 1.29 is 14.3 Å². The van der Waals surface area contributed by atoms with E-state index in [-0.39, 0.29) is 12.0 Å². The summed E-state index contributed by atoms with van der Waals surface area (Å²) in [6.07, 6.45) is 5.99. The molecular formula is C23H29N3O3. The minimum Gasteiger partial charge on any atom is -0.497 e. The van der Waals surface area contributed by atoms with Crippen LogP contribution in [-0.4, -0.2) is 53.5 Å². The first-order valence-electron chi connectivity index (χ1n) is 10.3. The molecular weight excluding hydrogens is 366 g/mol. The first kappa shape index (κ1) is 19.7. The third kappa shape index (κ3) is 4.70. The van der Waals surface area contributed by atoms with Crippen LogP contribution in [0.5, 0.6) is 11.5 Å². The molecule has 6 nitrogen and oxygen atoms in total. The van der Waals surface area contributed by atoms with Crippen LogP contribution in [0.25, 0.3) is 0 Å². The fraction of sp³-hybridized carbons (Fsp3) is 0.478. The van der Waals surface area contributed by atoms with Gasteiger partial charge in [0, 0.05) is 50.4 Å². The number of carbonyl (C=O) groups excluding carboxylic acids is 1. The van der Waals surface area contributed by atoms with Crippen LogP contribution in [0, 0.1) is 5.92 Å². The van der Waals surface area contributed by atoms with Crippen LogP contribution in [0.1, 0.15) is 30.9 Å². The molecule has 29 heavy (non-hydrogen) atoms. The van der Waals surface area contributed by atoms with Gasteiger partial charge in [-0.3, -0.25) is 14.7 Å². The lowest BCUT2D eigenvalue weighted by Crippen LogP contribution is -2.46. The molecule has 2 aliphatic rings. The van der Waals surface area contributed by atoms with Gasteiger partial charge in [0.05, 0.1) is 13.7 Å². The van der Waals surface area contributed by atoms with Crippen molar-refractivity contribution in [3.05, 3.63) is 53.9 Å². The fourth-order valence-electron chi connectivity index (χ4n) is 4.38. The lowest BCUT2D eigenvalue weighted by Gasteiger charge is -2.37. The van der Waals surface area contributed by atoms with Gasteiger partial charge in [0.25, 0.3) is 0 Å². The van der Waals surface area contributed by atoms with Crippen molar-refractivity contribution in [2.45, 2.75) is 39.0 Å². The molecule has 2 atom stereocenters. The Hall–Kier alpha value is -2.60. The first-order chi connectivity index (χ1) is 14.1. The summed E-state index contributed by atoms with van der Waals surface area (Å²) in [4.78, 5) is 20.9. The first-order valence-corrected chi connectivity index (χ1v) is 10.3. The van der Waals surface area contributed by atoms with E-state index in [1.165, 1.54) is 5.56 Å². The highest BCUT2D eigenvalue weighted by molar-refractivity contribution is 5.73. The van der Waals surface area contributed by atoms with Gasteiger partial charge in [0.2, 0.25) is 5.91 Å². The van der Waals surface area contributed by atoms with Crippen LogP contribution in [0.4, 0.5) is 0 Å². The quantitative estimate of drug-likeness (QED) is 0.796. The second kappa shape index (κ2) is 8.82. The lowest BCUT2D eigenvalue weighted by molar-refractivity contribution is -0.130. The summed E-state index contributed by atoms with van der Waals surface area (Å²) < 4.78 is 11.8. The van der Waals surface area contributed by atoms with Gasteiger partial charge < -0.3 is 14.4 Å². The zero-order chi connectivity index (χ0) is 20.2. The van der Waals surface area contributed by atoms with E-state index in [0.29, 0.717) is 19.0 Å². The summed E-state index contributed by atoms with van der Waals surface area (Å²) in [5.74, 6) is 2.12. The van der Waals surface area contributed by atoms with E-state index in [1.54, 1.807) is 14.0 Å². The molecule has 1 aromatic heterocycles. The van der Waals surface area contributed by atoms with Crippen LogP contribution < -0.4 is 9.47 Å². The molecule has 0 bridgehead atoms. The molecule has 1 aromatic carbocycles. The van der Waals surface area contributed by atoms with E-state index in [4.69, 9.17) is 9.47 Å². The van der Waals surface area contributed by atoms with Crippen LogP contribution in [0.2, 0.25) is 0 Å². The molecule has 0 N–H and O–H groups in total. The number of likely N-dealkylation sites (tertiary alicyclic amines) is 1. The number of nitrogens with zero attached hydrogens (tertiary/aromatic N) is 3. The van der Waals surface area contributed by atoms with Gasteiger partial charge in [0.15, 0.2) is 0 Å². The van der Waals surface area contributed by atoms with Crippen LogP contribution in [-0.2, 0) is 17.9 Å². The Balaban J connectivity index is 1.51. The summed E-state index contributed by atoms with van der Waals surface area (Å²) in [5, 5.41) is 0. The maximum Gasteiger partial charge on any atom is 0.219 e. The van der Waals surface area contributed by atoms with E-state index < -0.39 is 0 Å². The minimum absolute atomic E-state index is 0.00903. The second-order valence-corrected chi connectivity index (χ2v) is 8.03. The van der Waals surface area contributed by atoms with Crippen LogP contribution in [0.15, 0.2) is 42.7 Å². The summed E-state index contributed by atoms with van der Waals surface area (Å²) >= 11 is 0. The van der Waals surface area contributed by atoms with Crippen LogP contribution >= 0.6 is 0 Å². The number of rotatable bonds is 4. The molecule has 0 spiro atoms. The van der Waals surface area contributed by atoms with Crippen molar-refractivity contribution in [2.75, 3.05) is 26.7 Å². The third-order valence-electron chi connectivity index (χ3n) is 5.95. The molecule has 2 aromatic rings. The molecule has 6 heteroatoms. The van der Waals surface area contributed by atoms with Gasteiger partial charge >= 0.3 is 0 Å². The summed E-state index contributed by atoms with van der Waals surface area (Å²) in [6.45, 7) is 5.78. The molecule has 1 fully saturated rings. The molecule has 0 radical (unpaired) electrons. The predicted molar refractivity (Wildman–Crippen MR) is 111 cm³/mol. The van der Waals surface area contributed by atoms with E-state index in [1.807, 2.05) is 41.6 Å². The number of pyridine rings is 1. The molecule has 2 unspecified atom stereocenters. The summed E-state index contributed by atoms with van der Waals surface area (Å²) in [7, 11) is 1.66. The van der Waals surface area contributed by atoms with Gasteiger partial charge in [-0.05, 0) is 49.2 Å². The number of hydrogen-bond donors (Lipinski definition) is 0. The number of amides is 1. The average Bonchev–Trinajstić information content (AvgIpc) is 2.94. The van der Waals surface area contributed by atoms with Gasteiger partial charge in [0.1, 0.15) is 17.6 Å². The maximum atomic E-state index is 12.3. The number of fused-ring (bicyclic) bond motifs is 1. The lowest BCUT2D eigenvalue weighted by atomic mass is 9.91. The molecule has 4 rings (SSSR count). The zero-order valence-electron chi connectivity index (χ0n) is 17.2. The number of methoxy groups -OCH3 is 1.